The van der Waals surface area contributed by atoms with Crippen molar-refractivity contribution >= 4 is 16.8 Å². The van der Waals surface area contributed by atoms with Gasteiger partial charge >= 0.3 is 0 Å². The first-order valence-corrected chi connectivity index (χ1v) is 9.98. The normalized spacial score (nSPS) is 24.3. The first kappa shape index (κ1) is 18.0. The van der Waals surface area contributed by atoms with E-state index in [-0.39, 0.29) is 23.7 Å². The van der Waals surface area contributed by atoms with Crippen LogP contribution in [0.1, 0.15) is 41.6 Å². The smallest absolute Gasteiger partial charge is 0.248 e. The molecule has 0 radical (unpaired) electrons. The maximum atomic E-state index is 13.4. The predicted octanol–water partition coefficient (Wildman–Crippen LogP) is 4.07. The van der Waals surface area contributed by atoms with Crippen molar-refractivity contribution in [2.75, 3.05) is 0 Å². The summed E-state index contributed by atoms with van der Waals surface area (Å²) in [7, 11) is 0. The number of hydrogen-bond donors (Lipinski definition) is 1. The van der Waals surface area contributed by atoms with Crippen LogP contribution in [0.3, 0.4) is 0 Å². The summed E-state index contributed by atoms with van der Waals surface area (Å²) < 4.78 is 19.6. The highest BCUT2D eigenvalue weighted by molar-refractivity contribution is 5.94. The first-order valence-electron chi connectivity index (χ1n) is 9.98. The highest BCUT2D eigenvalue weighted by atomic mass is 19.1. The molecule has 29 heavy (non-hydrogen) atoms. The van der Waals surface area contributed by atoms with E-state index < -0.39 is 0 Å². The number of primary amides is 1. The zero-order valence-electron chi connectivity index (χ0n) is 16.1. The second-order valence-corrected chi connectivity index (χ2v) is 8.20. The lowest BCUT2D eigenvalue weighted by molar-refractivity contribution is 0.0998. The lowest BCUT2D eigenvalue weighted by Gasteiger charge is -2.21. The molecular weight excluding hydrogens is 369 g/mol. The third-order valence-corrected chi connectivity index (χ3v) is 6.60. The Morgan fingerprint density at radius 1 is 1.17 bits per heavy atom. The van der Waals surface area contributed by atoms with E-state index in [0.29, 0.717) is 34.7 Å². The quantitative estimate of drug-likeness (QED) is 0.711. The Hall–Kier alpha value is -3.02. The molecule has 2 aliphatic rings. The van der Waals surface area contributed by atoms with Crippen molar-refractivity contribution in [1.82, 2.24) is 9.97 Å². The number of nitrogens with two attached hydrogens (primary N) is 1. The number of carbonyl (C=O) groups excluding carboxylic acids is 1. The SMILES string of the molecule is C[C@H](c1ccccc1C(N)=O)C1[C@H]2CC(Oc3ncnc4cc(F)ccc34)C[C@H]12. The topological polar surface area (TPSA) is 78.1 Å². The molecule has 0 spiro atoms. The molecule has 3 aromatic rings. The van der Waals surface area contributed by atoms with Crippen molar-refractivity contribution in [3.05, 3.63) is 65.7 Å². The van der Waals surface area contributed by atoms with Crippen LogP contribution in [0, 0.1) is 23.6 Å². The molecule has 1 amide bonds. The number of fused-ring (bicyclic) bond motifs is 2. The number of hydrogen-bond acceptors (Lipinski definition) is 4. The lowest BCUT2D eigenvalue weighted by atomic mass is 9.88. The highest BCUT2D eigenvalue weighted by Gasteiger charge is 2.58. The number of carbonyl (C=O) groups is 1. The predicted molar refractivity (Wildman–Crippen MR) is 107 cm³/mol. The van der Waals surface area contributed by atoms with Crippen LogP contribution in [0.15, 0.2) is 48.8 Å². The van der Waals surface area contributed by atoms with E-state index in [0.717, 1.165) is 23.8 Å². The Morgan fingerprint density at radius 2 is 1.93 bits per heavy atom. The summed E-state index contributed by atoms with van der Waals surface area (Å²) in [5.41, 5.74) is 7.77. The average molecular weight is 391 g/mol. The number of nitrogens with zero attached hydrogens (tertiary/aromatic N) is 2. The van der Waals surface area contributed by atoms with E-state index in [2.05, 4.69) is 16.9 Å². The van der Waals surface area contributed by atoms with Crippen LogP contribution < -0.4 is 10.5 Å². The molecule has 0 aliphatic heterocycles. The summed E-state index contributed by atoms with van der Waals surface area (Å²) in [5.74, 6) is 1.83. The standard InChI is InChI=1S/C23H22FN3O2/c1-12(15-4-2-3-5-16(15)22(25)28)21-18-9-14(10-19(18)21)29-23-17-7-6-13(24)8-20(17)26-11-27-23/h2-8,11-12,14,18-19,21H,9-10H2,1H3,(H2,25,28)/t12-,14?,18+,19+,21?/m1/s1. The van der Waals surface area contributed by atoms with Crippen molar-refractivity contribution in [3.8, 4) is 5.88 Å². The fourth-order valence-electron chi connectivity index (χ4n) is 5.26. The molecule has 5 rings (SSSR count). The summed E-state index contributed by atoms with van der Waals surface area (Å²) in [4.78, 5) is 20.2. The molecule has 2 N–H and O–H groups in total. The van der Waals surface area contributed by atoms with Crippen molar-refractivity contribution in [1.29, 1.82) is 0 Å². The highest BCUT2D eigenvalue weighted by Crippen LogP contribution is 2.63. The van der Waals surface area contributed by atoms with Crippen LogP contribution in [0.25, 0.3) is 10.9 Å². The van der Waals surface area contributed by atoms with E-state index >= 15 is 0 Å². The maximum absolute atomic E-state index is 13.4. The van der Waals surface area contributed by atoms with E-state index in [1.807, 2.05) is 18.2 Å². The minimum Gasteiger partial charge on any atom is -0.474 e. The Morgan fingerprint density at radius 3 is 2.69 bits per heavy atom. The number of rotatable bonds is 5. The van der Waals surface area contributed by atoms with Gasteiger partial charge in [0.05, 0.1) is 10.9 Å². The van der Waals surface area contributed by atoms with E-state index in [1.165, 1.54) is 18.5 Å². The molecule has 2 aromatic carbocycles. The zero-order valence-corrected chi connectivity index (χ0v) is 16.1. The third-order valence-electron chi connectivity index (χ3n) is 6.60. The van der Waals surface area contributed by atoms with Gasteiger partial charge in [-0.15, -0.1) is 0 Å². The molecule has 0 unspecified atom stereocenters. The Bertz CT molecular complexity index is 1090. The summed E-state index contributed by atoms with van der Waals surface area (Å²) in [6.07, 6.45) is 3.44. The molecule has 0 bridgehead atoms. The van der Waals surface area contributed by atoms with Crippen LogP contribution in [0.5, 0.6) is 5.88 Å². The van der Waals surface area contributed by atoms with Gasteiger partial charge in [0.2, 0.25) is 11.8 Å². The summed E-state index contributed by atoms with van der Waals surface area (Å²) in [6, 6.07) is 12.1. The van der Waals surface area contributed by atoms with E-state index in [1.54, 1.807) is 12.1 Å². The van der Waals surface area contributed by atoms with Crippen LogP contribution in [0.4, 0.5) is 4.39 Å². The molecule has 0 saturated heterocycles. The van der Waals surface area contributed by atoms with Crippen molar-refractivity contribution < 1.29 is 13.9 Å². The van der Waals surface area contributed by atoms with Gasteiger partial charge in [0.15, 0.2) is 0 Å². The van der Waals surface area contributed by atoms with Crippen molar-refractivity contribution in [3.63, 3.8) is 0 Å². The molecule has 1 heterocycles. The van der Waals surface area contributed by atoms with Crippen LogP contribution >= 0.6 is 0 Å². The molecular formula is C23H22FN3O2. The van der Waals surface area contributed by atoms with E-state index in [9.17, 15) is 9.18 Å². The molecule has 3 atom stereocenters. The van der Waals surface area contributed by atoms with Gasteiger partial charge in [-0.05, 0) is 60.3 Å². The zero-order chi connectivity index (χ0) is 20.1. The molecule has 6 heteroatoms. The fraction of sp³-hybridized carbons (Fsp3) is 0.348. The van der Waals surface area contributed by atoms with Crippen LogP contribution in [-0.2, 0) is 0 Å². The summed E-state index contributed by atoms with van der Waals surface area (Å²) in [6.45, 7) is 2.19. The molecule has 2 fully saturated rings. The second kappa shape index (κ2) is 6.79. The summed E-state index contributed by atoms with van der Waals surface area (Å²) >= 11 is 0. The Kier molecular flexibility index (Phi) is 4.23. The maximum Gasteiger partial charge on any atom is 0.248 e. The Balaban J connectivity index is 1.28. The summed E-state index contributed by atoms with van der Waals surface area (Å²) in [5, 5.41) is 0.731. The van der Waals surface area contributed by atoms with E-state index in [4.69, 9.17) is 10.5 Å². The van der Waals surface area contributed by atoms with Crippen molar-refractivity contribution in [2.24, 2.45) is 23.5 Å². The second-order valence-electron chi connectivity index (χ2n) is 8.20. The molecule has 1 aromatic heterocycles. The van der Waals surface area contributed by atoms with Crippen molar-refractivity contribution in [2.45, 2.75) is 31.8 Å². The lowest BCUT2D eigenvalue weighted by Crippen LogP contribution is -2.19. The van der Waals surface area contributed by atoms with Crippen LogP contribution in [-0.4, -0.2) is 22.0 Å². The number of benzene rings is 2. The molecule has 148 valence electrons. The molecule has 5 nitrogen and oxygen atoms in total. The van der Waals surface area contributed by atoms with Gasteiger partial charge < -0.3 is 10.5 Å². The van der Waals surface area contributed by atoms with Gasteiger partial charge in [0.1, 0.15) is 18.2 Å². The molecule has 2 aliphatic carbocycles. The average Bonchev–Trinajstić information content (AvgIpc) is 3.22. The van der Waals surface area contributed by atoms with Crippen LogP contribution in [0.2, 0.25) is 0 Å². The third kappa shape index (κ3) is 3.12. The van der Waals surface area contributed by atoms with Gasteiger partial charge in [0.25, 0.3) is 0 Å². The van der Waals surface area contributed by atoms with Gasteiger partial charge in [-0.25, -0.2) is 14.4 Å². The van der Waals surface area contributed by atoms with Gasteiger partial charge in [-0.3, -0.25) is 4.79 Å². The largest absolute Gasteiger partial charge is 0.474 e. The monoisotopic (exact) mass is 391 g/mol. The minimum atomic E-state index is -0.369. The number of aromatic nitrogens is 2. The number of halogens is 1. The first-order chi connectivity index (χ1) is 14.0. The number of amides is 1. The minimum absolute atomic E-state index is 0.1000. The van der Waals surface area contributed by atoms with Gasteiger partial charge in [-0.2, -0.15) is 0 Å². The van der Waals surface area contributed by atoms with Gasteiger partial charge in [-0.1, -0.05) is 25.1 Å². The van der Waals surface area contributed by atoms with Gasteiger partial charge in [0, 0.05) is 11.6 Å². The Labute approximate surface area is 168 Å². The molecule has 2 saturated carbocycles. The number of ether oxygens (including phenoxy) is 1. The fourth-order valence-corrected chi connectivity index (χ4v) is 5.26.